The maximum absolute atomic E-state index is 7.62. The van der Waals surface area contributed by atoms with Crippen LogP contribution in [0.15, 0.2) is 24.3 Å². The van der Waals surface area contributed by atoms with Gasteiger partial charge in [-0.1, -0.05) is 38.5 Å². The van der Waals surface area contributed by atoms with Crippen LogP contribution in [0.5, 0.6) is 0 Å². The van der Waals surface area contributed by atoms with E-state index < -0.39 is 0 Å². The van der Waals surface area contributed by atoms with Crippen LogP contribution in [0.4, 0.5) is 5.69 Å². The molecule has 1 aliphatic heterocycles. The van der Waals surface area contributed by atoms with E-state index in [2.05, 4.69) is 49.9 Å². The number of anilines is 1. The fraction of sp³-hybridized carbons (Fsp3) is 0.611. The molecule has 0 spiro atoms. The number of amidine groups is 1. The average molecular weight is 287 g/mol. The molecule has 1 atom stereocenters. The summed E-state index contributed by atoms with van der Waals surface area (Å²) in [5, 5.41) is 7.62. The quantitative estimate of drug-likeness (QED) is 0.473. The van der Waals surface area contributed by atoms with Gasteiger partial charge in [0.25, 0.3) is 0 Å². The highest BCUT2D eigenvalue weighted by Crippen LogP contribution is 2.31. The lowest BCUT2D eigenvalue weighted by molar-refractivity contribution is 0.435. The van der Waals surface area contributed by atoms with Crippen molar-refractivity contribution in [2.24, 2.45) is 11.1 Å². The Balaban J connectivity index is 1.90. The second kappa shape index (κ2) is 6.50. The van der Waals surface area contributed by atoms with Gasteiger partial charge in [-0.05, 0) is 44.2 Å². The summed E-state index contributed by atoms with van der Waals surface area (Å²) in [6.45, 7) is 7.56. The van der Waals surface area contributed by atoms with Crippen LogP contribution in [0.25, 0.3) is 0 Å². The second-order valence-electron chi connectivity index (χ2n) is 6.96. The van der Waals surface area contributed by atoms with Gasteiger partial charge in [0.2, 0.25) is 0 Å². The Kier molecular flexibility index (Phi) is 4.92. The fourth-order valence-corrected chi connectivity index (χ4v) is 3.08. The van der Waals surface area contributed by atoms with Crippen LogP contribution in [0.1, 0.15) is 52.0 Å². The van der Waals surface area contributed by atoms with Crippen molar-refractivity contribution in [3.8, 4) is 0 Å². The van der Waals surface area contributed by atoms with Gasteiger partial charge < -0.3 is 10.6 Å². The Morgan fingerprint density at radius 3 is 2.76 bits per heavy atom. The first-order valence-corrected chi connectivity index (χ1v) is 8.11. The molecule has 1 heterocycles. The minimum Gasteiger partial charge on any atom is -0.387 e. The molecule has 2 rings (SSSR count). The number of fused-ring (bicyclic) bond motifs is 1. The molecule has 1 aromatic rings. The highest BCUT2D eigenvalue weighted by Gasteiger charge is 2.23. The van der Waals surface area contributed by atoms with E-state index in [0.717, 1.165) is 25.8 Å². The van der Waals surface area contributed by atoms with Gasteiger partial charge in [-0.25, -0.2) is 0 Å². The Labute approximate surface area is 129 Å². The number of hydrogen-bond donors (Lipinski definition) is 2. The van der Waals surface area contributed by atoms with Crippen molar-refractivity contribution in [2.75, 3.05) is 11.4 Å². The number of para-hydroxylation sites is 1. The molecule has 0 fully saturated rings. The lowest BCUT2D eigenvalue weighted by atomic mass is 9.86. The van der Waals surface area contributed by atoms with Crippen molar-refractivity contribution in [3.05, 3.63) is 29.8 Å². The van der Waals surface area contributed by atoms with Gasteiger partial charge in [-0.15, -0.1) is 0 Å². The van der Waals surface area contributed by atoms with E-state index in [1.807, 2.05) is 0 Å². The number of benzene rings is 1. The summed E-state index contributed by atoms with van der Waals surface area (Å²) in [4.78, 5) is 2.56. The van der Waals surface area contributed by atoms with Crippen LogP contribution < -0.4 is 10.6 Å². The molecule has 116 valence electrons. The molecule has 0 radical (unpaired) electrons. The second-order valence-corrected chi connectivity index (χ2v) is 6.96. The van der Waals surface area contributed by atoms with Gasteiger partial charge >= 0.3 is 0 Å². The third-order valence-electron chi connectivity index (χ3n) is 4.84. The molecule has 1 aliphatic rings. The SMILES string of the molecule is CC1CCc2ccccc2N1CCCCC(C)(C)C(=N)N. The molecule has 0 amide bonds. The zero-order valence-corrected chi connectivity index (χ0v) is 13.7. The Hall–Kier alpha value is -1.51. The van der Waals surface area contributed by atoms with Crippen LogP contribution in [0, 0.1) is 10.8 Å². The first kappa shape index (κ1) is 15.9. The highest BCUT2D eigenvalue weighted by molar-refractivity contribution is 5.82. The number of nitrogens with one attached hydrogen (secondary N) is 1. The van der Waals surface area contributed by atoms with Gasteiger partial charge in [-0.3, -0.25) is 5.41 Å². The van der Waals surface area contributed by atoms with Crippen LogP contribution in [0.2, 0.25) is 0 Å². The Bertz CT molecular complexity index is 493. The summed E-state index contributed by atoms with van der Waals surface area (Å²) >= 11 is 0. The molecule has 1 aromatic carbocycles. The van der Waals surface area contributed by atoms with E-state index in [1.54, 1.807) is 0 Å². The summed E-state index contributed by atoms with van der Waals surface area (Å²) in [7, 11) is 0. The normalized spacial score (nSPS) is 18.4. The van der Waals surface area contributed by atoms with Crippen molar-refractivity contribution in [3.63, 3.8) is 0 Å². The summed E-state index contributed by atoms with van der Waals surface area (Å²) < 4.78 is 0. The van der Waals surface area contributed by atoms with E-state index in [1.165, 1.54) is 24.1 Å². The van der Waals surface area contributed by atoms with Crippen LogP contribution in [0.3, 0.4) is 0 Å². The monoisotopic (exact) mass is 287 g/mol. The van der Waals surface area contributed by atoms with E-state index >= 15 is 0 Å². The van der Waals surface area contributed by atoms with Crippen LogP contribution in [-0.2, 0) is 6.42 Å². The molecule has 0 saturated carbocycles. The molecule has 1 unspecified atom stereocenters. The minimum absolute atomic E-state index is 0.161. The van der Waals surface area contributed by atoms with Crippen molar-refractivity contribution in [2.45, 2.75) is 58.9 Å². The predicted molar refractivity (Wildman–Crippen MR) is 91.1 cm³/mol. The van der Waals surface area contributed by atoms with Gasteiger partial charge in [0.15, 0.2) is 0 Å². The number of aryl methyl sites for hydroxylation is 1. The molecule has 0 aliphatic carbocycles. The van der Waals surface area contributed by atoms with Gasteiger partial charge in [0.05, 0.1) is 5.84 Å². The maximum Gasteiger partial charge on any atom is 0.0963 e. The summed E-state index contributed by atoms with van der Waals surface area (Å²) in [6.07, 6.45) is 5.72. The minimum atomic E-state index is -0.161. The van der Waals surface area contributed by atoms with Crippen molar-refractivity contribution >= 4 is 11.5 Å². The number of nitrogens with two attached hydrogens (primary N) is 1. The van der Waals surface area contributed by atoms with Gasteiger partial charge in [0.1, 0.15) is 0 Å². The number of unbranched alkanes of at least 4 members (excludes halogenated alkanes) is 1. The Morgan fingerprint density at radius 1 is 1.33 bits per heavy atom. The average Bonchev–Trinajstić information content (AvgIpc) is 2.45. The number of nitrogens with zero attached hydrogens (tertiary/aromatic N) is 1. The number of hydrogen-bond acceptors (Lipinski definition) is 2. The lowest BCUT2D eigenvalue weighted by Gasteiger charge is -2.37. The molecule has 0 saturated heterocycles. The summed E-state index contributed by atoms with van der Waals surface area (Å²) in [6, 6.07) is 9.42. The third kappa shape index (κ3) is 3.78. The van der Waals surface area contributed by atoms with Crippen molar-refractivity contribution in [1.29, 1.82) is 5.41 Å². The van der Waals surface area contributed by atoms with Crippen molar-refractivity contribution < 1.29 is 0 Å². The molecular formula is C18H29N3. The zero-order chi connectivity index (χ0) is 15.5. The number of rotatable bonds is 6. The van der Waals surface area contributed by atoms with Crippen LogP contribution >= 0.6 is 0 Å². The smallest absolute Gasteiger partial charge is 0.0963 e. The van der Waals surface area contributed by atoms with Gasteiger partial charge in [-0.2, -0.15) is 0 Å². The van der Waals surface area contributed by atoms with Gasteiger partial charge in [0, 0.05) is 23.7 Å². The molecular weight excluding hydrogens is 258 g/mol. The topological polar surface area (TPSA) is 53.1 Å². The third-order valence-corrected chi connectivity index (χ3v) is 4.84. The molecule has 3 N–H and O–H groups in total. The lowest BCUT2D eigenvalue weighted by Crippen LogP contribution is -2.38. The molecule has 0 bridgehead atoms. The summed E-state index contributed by atoms with van der Waals surface area (Å²) in [5.74, 6) is 0.305. The van der Waals surface area contributed by atoms with E-state index in [-0.39, 0.29) is 5.41 Å². The zero-order valence-electron chi connectivity index (χ0n) is 13.7. The van der Waals surface area contributed by atoms with Crippen LogP contribution in [-0.4, -0.2) is 18.4 Å². The van der Waals surface area contributed by atoms with E-state index in [4.69, 9.17) is 11.1 Å². The Morgan fingerprint density at radius 2 is 2.05 bits per heavy atom. The standard InChI is InChI=1S/C18H29N3/c1-14-10-11-15-8-4-5-9-16(15)21(14)13-7-6-12-18(2,3)17(19)20/h4-5,8-9,14H,6-7,10-13H2,1-3H3,(H3,19,20). The van der Waals surface area contributed by atoms with Crippen molar-refractivity contribution in [1.82, 2.24) is 0 Å². The fourth-order valence-electron chi connectivity index (χ4n) is 3.08. The largest absolute Gasteiger partial charge is 0.387 e. The highest BCUT2D eigenvalue weighted by atomic mass is 15.2. The first-order valence-electron chi connectivity index (χ1n) is 8.11. The summed E-state index contributed by atoms with van der Waals surface area (Å²) in [5.41, 5.74) is 8.40. The predicted octanol–water partition coefficient (Wildman–Crippen LogP) is 3.96. The van der Waals surface area contributed by atoms with E-state index in [9.17, 15) is 0 Å². The molecule has 3 heteroatoms. The molecule has 3 nitrogen and oxygen atoms in total. The first-order chi connectivity index (χ1) is 9.92. The van der Waals surface area contributed by atoms with E-state index in [0.29, 0.717) is 11.9 Å². The molecule has 21 heavy (non-hydrogen) atoms. The molecule has 0 aromatic heterocycles. The maximum atomic E-state index is 7.62.